The van der Waals surface area contributed by atoms with E-state index in [4.69, 9.17) is 4.74 Å². The number of rotatable bonds is 6. The fourth-order valence-corrected chi connectivity index (χ4v) is 4.64. The maximum absolute atomic E-state index is 13.0. The average molecular weight is 453 g/mol. The summed E-state index contributed by atoms with van der Waals surface area (Å²) in [6.45, 7) is 2.41. The smallest absolute Gasteiger partial charge is 0.261 e. The van der Waals surface area contributed by atoms with Crippen molar-refractivity contribution in [2.75, 3.05) is 42.9 Å². The SMILES string of the molecule is COc1ccc(NS(=O)(=O)c2cccc(C(=O)N3CCN(c4ccccn4)CC3)c2)cc1. The number of nitrogens with zero attached hydrogens (tertiary/aromatic N) is 3. The monoisotopic (exact) mass is 452 g/mol. The number of nitrogens with one attached hydrogen (secondary N) is 1. The lowest BCUT2D eigenvalue weighted by molar-refractivity contribution is 0.0746. The zero-order valence-electron chi connectivity index (χ0n) is 17.6. The van der Waals surface area contributed by atoms with Crippen LogP contribution >= 0.6 is 0 Å². The second-order valence-corrected chi connectivity index (χ2v) is 9.01. The molecule has 3 aromatic rings. The lowest BCUT2D eigenvalue weighted by Crippen LogP contribution is -2.49. The van der Waals surface area contributed by atoms with E-state index in [0.717, 1.165) is 5.82 Å². The van der Waals surface area contributed by atoms with Crippen molar-refractivity contribution in [3.05, 3.63) is 78.5 Å². The molecule has 2 aromatic carbocycles. The quantitative estimate of drug-likeness (QED) is 0.618. The topological polar surface area (TPSA) is 91.8 Å². The Labute approximate surface area is 187 Å². The predicted molar refractivity (Wildman–Crippen MR) is 123 cm³/mol. The molecule has 8 nitrogen and oxygen atoms in total. The van der Waals surface area contributed by atoms with E-state index in [2.05, 4.69) is 14.6 Å². The third kappa shape index (κ3) is 4.83. The highest BCUT2D eigenvalue weighted by Gasteiger charge is 2.24. The molecule has 2 heterocycles. The van der Waals surface area contributed by atoms with E-state index in [1.165, 1.54) is 12.1 Å². The van der Waals surface area contributed by atoms with Gasteiger partial charge in [0, 0.05) is 43.6 Å². The van der Waals surface area contributed by atoms with Gasteiger partial charge in [-0.25, -0.2) is 13.4 Å². The Bertz CT molecular complexity index is 1180. The summed E-state index contributed by atoms with van der Waals surface area (Å²) in [4.78, 5) is 21.3. The molecule has 1 saturated heterocycles. The first-order chi connectivity index (χ1) is 15.5. The Kier molecular flexibility index (Phi) is 6.27. The van der Waals surface area contributed by atoms with Gasteiger partial charge in [-0.2, -0.15) is 0 Å². The first-order valence-electron chi connectivity index (χ1n) is 10.2. The molecule has 166 valence electrons. The molecule has 1 N–H and O–H groups in total. The van der Waals surface area contributed by atoms with E-state index in [-0.39, 0.29) is 10.8 Å². The molecule has 1 aliphatic rings. The van der Waals surface area contributed by atoms with E-state index >= 15 is 0 Å². The number of sulfonamides is 1. The van der Waals surface area contributed by atoms with Crippen LogP contribution in [0.4, 0.5) is 11.5 Å². The third-order valence-electron chi connectivity index (χ3n) is 5.27. The van der Waals surface area contributed by atoms with Gasteiger partial charge in [0.15, 0.2) is 0 Å². The maximum Gasteiger partial charge on any atom is 0.261 e. The number of anilines is 2. The zero-order valence-corrected chi connectivity index (χ0v) is 18.5. The molecule has 1 amide bonds. The van der Waals surface area contributed by atoms with Gasteiger partial charge in [0.1, 0.15) is 11.6 Å². The minimum atomic E-state index is -3.84. The van der Waals surface area contributed by atoms with Crippen molar-refractivity contribution in [3.8, 4) is 5.75 Å². The van der Waals surface area contributed by atoms with Gasteiger partial charge < -0.3 is 14.5 Å². The highest BCUT2D eigenvalue weighted by atomic mass is 32.2. The first kappa shape index (κ1) is 21.6. The summed E-state index contributed by atoms with van der Waals surface area (Å²) in [7, 11) is -2.30. The van der Waals surface area contributed by atoms with E-state index < -0.39 is 10.0 Å². The van der Waals surface area contributed by atoms with Crippen LogP contribution in [0.3, 0.4) is 0 Å². The number of hydrogen-bond donors (Lipinski definition) is 1. The molecule has 4 rings (SSSR count). The number of carbonyl (C=O) groups is 1. The molecule has 0 bridgehead atoms. The van der Waals surface area contributed by atoms with Gasteiger partial charge in [-0.1, -0.05) is 12.1 Å². The predicted octanol–water partition coefficient (Wildman–Crippen LogP) is 2.85. The lowest BCUT2D eigenvalue weighted by Gasteiger charge is -2.35. The van der Waals surface area contributed by atoms with Gasteiger partial charge in [-0.3, -0.25) is 9.52 Å². The van der Waals surface area contributed by atoms with Gasteiger partial charge in [-0.05, 0) is 54.6 Å². The fourth-order valence-electron chi connectivity index (χ4n) is 3.53. The van der Waals surface area contributed by atoms with Gasteiger partial charge in [0.05, 0.1) is 12.0 Å². The van der Waals surface area contributed by atoms with Gasteiger partial charge in [0.2, 0.25) is 0 Å². The van der Waals surface area contributed by atoms with Crippen molar-refractivity contribution in [3.63, 3.8) is 0 Å². The fraction of sp³-hybridized carbons (Fsp3) is 0.217. The van der Waals surface area contributed by atoms with Crippen molar-refractivity contribution in [1.82, 2.24) is 9.88 Å². The largest absolute Gasteiger partial charge is 0.497 e. The number of aromatic nitrogens is 1. The van der Waals surface area contributed by atoms with E-state index in [9.17, 15) is 13.2 Å². The van der Waals surface area contributed by atoms with Crippen LogP contribution in [0, 0.1) is 0 Å². The Morgan fingerprint density at radius 1 is 0.969 bits per heavy atom. The van der Waals surface area contributed by atoms with Crippen LogP contribution < -0.4 is 14.4 Å². The van der Waals surface area contributed by atoms with Gasteiger partial charge in [0.25, 0.3) is 15.9 Å². The van der Waals surface area contributed by atoms with Gasteiger partial charge in [-0.15, -0.1) is 0 Å². The molecule has 32 heavy (non-hydrogen) atoms. The van der Waals surface area contributed by atoms with E-state index in [0.29, 0.717) is 43.2 Å². The van der Waals surface area contributed by atoms with Crippen LogP contribution in [0.5, 0.6) is 5.75 Å². The molecule has 1 aromatic heterocycles. The minimum Gasteiger partial charge on any atom is -0.497 e. The summed E-state index contributed by atoms with van der Waals surface area (Å²) in [5.74, 6) is 1.33. The zero-order chi connectivity index (χ0) is 22.6. The summed E-state index contributed by atoms with van der Waals surface area (Å²) in [6.07, 6.45) is 1.75. The third-order valence-corrected chi connectivity index (χ3v) is 6.65. The second kappa shape index (κ2) is 9.27. The summed E-state index contributed by atoms with van der Waals surface area (Å²) in [5.41, 5.74) is 0.752. The number of amides is 1. The Morgan fingerprint density at radius 3 is 2.38 bits per heavy atom. The molecule has 1 fully saturated rings. The number of methoxy groups -OCH3 is 1. The molecule has 0 radical (unpaired) electrons. The summed E-state index contributed by atoms with van der Waals surface area (Å²) < 4.78 is 33.3. The van der Waals surface area contributed by atoms with Crippen molar-refractivity contribution < 1.29 is 17.9 Å². The number of piperazine rings is 1. The summed E-state index contributed by atoms with van der Waals surface area (Å²) in [5, 5.41) is 0. The normalized spacial score (nSPS) is 14.2. The van der Waals surface area contributed by atoms with E-state index in [1.807, 2.05) is 18.2 Å². The van der Waals surface area contributed by atoms with Crippen molar-refractivity contribution >= 4 is 27.4 Å². The van der Waals surface area contributed by atoms with Crippen LogP contribution in [0.25, 0.3) is 0 Å². The van der Waals surface area contributed by atoms with Crippen molar-refractivity contribution in [2.45, 2.75) is 4.90 Å². The van der Waals surface area contributed by atoms with Crippen molar-refractivity contribution in [1.29, 1.82) is 0 Å². The summed E-state index contributed by atoms with van der Waals surface area (Å²) in [6, 6.07) is 18.4. The Morgan fingerprint density at radius 2 is 1.72 bits per heavy atom. The molecule has 0 aliphatic carbocycles. The molecule has 0 atom stereocenters. The highest BCUT2D eigenvalue weighted by molar-refractivity contribution is 7.92. The molecule has 0 spiro atoms. The first-order valence-corrected chi connectivity index (χ1v) is 11.7. The number of carbonyl (C=O) groups excluding carboxylic acids is 1. The molecular weight excluding hydrogens is 428 g/mol. The molecule has 9 heteroatoms. The van der Waals surface area contributed by atoms with Crippen LogP contribution in [0.1, 0.15) is 10.4 Å². The number of benzene rings is 2. The molecule has 0 unspecified atom stereocenters. The van der Waals surface area contributed by atoms with Crippen LogP contribution in [-0.2, 0) is 10.0 Å². The lowest BCUT2D eigenvalue weighted by atomic mass is 10.2. The molecule has 1 aliphatic heterocycles. The average Bonchev–Trinajstić information content (AvgIpc) is 2.84. The standard InChI is InChI=1S/C23H24N4O4S/c1-31-20-10-8-19(9-11-20)25-32(29,30)21-6-4-5-18(17-21)23(28)27-15-13-26(14-16-27)22-7-2-3-12-24-22/h2-12,17,25H,13-16H2,1H3. The van der Waals surface area contributed by atoms with Crippen LogP contribution in [-0.4, -0.2) is 57.5 Å². The maximum atomic E-state index is 13.0. The summed E-state index contributed by atoms with van der Waals surface area (Å²) >= 11 is 0. The van der Waals surface area contributed by atoms with Crippen LogP contribution in [0.15, 0.2) is 77.8 Å². The molecular formula is C23H24N4O4S. The number of pyridine rings is 1. The van der Waals surface area contributed by atoms with Gasteiger partial charge >= 0.3 is 0 Å². The van der Waals surface area contributed by atoms with E-state index in [1.54, 1.807) is 54.6 Å². The second-order valence-electron chi connectivity index (χ2n) is 7.33. The number of ether oxygens (including phenoxy) is 1. The Balaban J connectivity index is 1.44. The van der Waals surface area contributed by atoms with Crippen LogP contribution in [0.2, 0.25) is 0 Å². The minimum absolute atomic E-state index is 0.0336. The Hall–Kier alpha value is -3.59. The number of hydrogen-bond acceptors (Lipinski definition) is 6. The van der Waals surface area contributed by atoms with Crippen molar-refractivity contribution in [2.24, 2.45) is 0 Å². The highest BCUT2D eigenvalue weighted by Crippen LogP contribution is 2.21. The molecule has 0 saturated carbocycles.